The Balaban J connectivity index is 2.55. The summed E-state index contributed by atoms with van der Waals surface area (Å²) in [4.78, 5) is 22.6. The highest BCUT2D eigenvalue weighted by atomic mass is 16.7. The first kappa shape index (κ1) is 19.0. The zero-order chi connectivity index (χ0) is 17.9. The van der Waals surface area contributed by atoms with Crippen LogP contribution < -0.4 is 4.74 Å². The summed E-state index contributed by atoms with van der Waals surface area (Å²) in [5.74, 6) is -0.449. The van der Waals surface area contributed by atoms with Crippen LogP contribution in [0.5, 0.6) is 5.75 Å². The molecule has 0 bridgehead atoms. The lowest BCUT2D eigenvalue weighted by Gasteiger charge is -2.10. The molecule has 6 nitrogen and oxygen atoms in total. The molecule has 1 aromatic rings. The van der Waals surface area contributed by atoms with Crippen molar-refractivity contribution < 1.29 is 23.8 Å². The van der Waals surface area contributed by atoms with Gasteiger partial charge >= 0.3 is 11.9 Å². The zero-order valence-corrected chi connectivity index (χ0v) is 13.7. The van der Waals surface area contributed by atoms with Crippen LogP contribution >= 0.6 is 0 Å². The van der Waals surface area contributed by atoms with Crippen LogP contribution in [0.2, 0.25) is 0 Å². The molecule has 0 aliphatic heterocycles. The van der Waals surface area contributed by atoms with Gasteiger partial charge < -0.3 is 14.2 Å². The Labute approximate surface area is 140 Å². The van der Waals surface area contributed by atoms with E-state index in [0.717, 1.165) is 11.1 Å². The number of carbonyl (C=O) groups excluding carboxylic acids is 2. The van der Waals surface area contributed by atoms with Crippen molar-refractivity contribution in [1.29, 1.82) is 5.26 Å². The summed E-state index contributed by atoms with van der Waals surface area (Å²) < 4.78 is 15.1. The second-order valence-corrected chi connectivity index (χ2v) is 4.91. The summed E-state index contributed by atoms with van der Waals surface area (Å²) in [6.07, 6.45) is 3.06. The fourth-order valence-electron chi connectivity index (χ4n) is 1.62. The van der Waals surface area contributed by atoms with Gasteiger partial charge in [0.2, 0.25) is 6.79 Å². The maximum absolute atomic E-state index is 11.4. The van der Waals surface area contributed by atoms with Crippen LogP contribution in [0.1, 0.15) is 24.5 Å². The number of ether oxygens (including phenoxy) is 3. The summed E-state index contributed by atoms with van der Waals surface area (Å²) in [5, 5.41) is 8.36. The number of aryl methyl sites for hydroxylation is 1. The highest BCUT2D eigenvalue weighted by Gasteiger charge is 2.05. The van der Waals surface area contributed by atoms with E-state index in [0.29, 0.717) is 11.3 Å². The van der Waals surface area contributed by atoms with E-state index >= 15 is 0 Å². The highest BCUT2D eigenvalue weighted by Crippen LogP contribution is 2.20. The lowest BCUT2D eigenvalue weighted by atomic mass is 10.1. The predicted octanol–water partition coefficient (Wildman–Crippen LogP) is 2.92. The van der Waals surface area contributed by atoms with E-state index in [4.69, 9.17) is 19.5 Å². The highest BCUT2D eigenvalue weighted by molar-refractivity contribution is 5.87. The quantitative estimate of drug-likeness (QED) is 0.315. The molecule has 1 aromatic carbocycles. The Morgan fingerprint density at radius 3 is 2.71 bits per heavy atom. The molecular formula is C18H19NO5. The summed E-state index contributed by atoms with van der Waals surface area (Å²) in [6.45, 7) is 6.74. The second-order valence-electron chi connectivity index (χ2n) is 4.91. The molecule has 0 spiro atoms. The van der Waals surface area contributed by atoms with Crippen LogP contribution in [-0.4, -0.2) is 25.3 Å². The third-order valence-electron chi connectivity index (χ3n) is 2.82. The fraction of sp³-hybridized carbons (Fsp3) is 0.278. The SMILES string of the molecule is C=C(C)C(=O)OCOc1ccc(/C=C/C(=O)OCCC#N)cc1C. The number of rotatable bonds is 8. The lowest BCUT2D eigenvalue weighted by Crippen LogP contribution is -2.11. The summed E-state index contributed by atoms with van der Waals surface area (Å²) in [7, 11) is 0. The van der Waals surface area contributed by atoms with Crippen molar-refractivity contribution >= 4 is 18.0 Å². The van der Waals surface area contributed by atoms with Crippen molar-refractivity contribution in [3.63, 3.8) is 0 Å². The summed E-state index contributed by atoms with van der Waals surface area (Å²) in [5.41, 5.74) is 1.91. The molecular weight excluding hydrogens is 310 g/mol. The first-order valence-electron chi connectivity index (χ1n) is 7.22. The van der Waals surface area contributed by atoms with Crippen LogP contribution in [0.3, 0.4) is 0 Å². The number of carbonyl (C=O) groups is 2. The molecule has 0 fully saturated rings. The largest absolute Gasteiger partial charge is 0.461 e. The molecule has 0 amide bonds. The first-order chi connectivity index (χ1) is 11.4. The zero-order valence-electron chi connectivity index (χ0n) is 13.7. The van der Waals surface area contributed by atoms with Crippen LogP contribution in [0.4, 0.5) is 0 Å². The number of hydrogen-bond donors (Lipinski definition) is 0. The van der Waals surface area contributed by atoms with Crippen LogP contribution in [0.25, 0.3) is 6.08 Å². The monoisotopic (exact) mass is 329 g/mol. The van der Waals surface area contributed by atoms with E-state index in [2.05, 4.69) is 6.58 Å². The standard InChI is InChI=1S/C18H19NO5/c1-13(2)18(21)24-12-23-16-7-5-15(11-14(16)3)6-8-17(20)22-10-4-9-19/h5-8,11H,1,4,10,12H2,2-3H3/b8-6+. The molecule has 1 rings (SSSR count). The Bertz CT molecular complexity index is 685. The molecule has 0 aliphatic carbocycles. The maximum atomic E-state index is 11.4. The van der Waals surface area contributed by atoms with Crippen molar-refractivity contribution in [2.45, 2.75) is 20.3 Å². The fourth-order valence-corrected chi connectivity index (χ4v) is 1.62. The average Bonchev–Trinajstić information content (AvgIpc) is 2.54. The van der Waals surface area contributed by atoms with E-state index in [1.54, 1.807) is 25.1 Å². The van der Waals surface area contributed by atoms with E-state index in [-0.39, 0.29) is 19.8 Å². The van der Waals surface area contributed by atoms with Crippen LogP contribution in [-0.2, 0) is 19.1 Å². The average molecular weight is 329 g/mol. The van der Waals surface area contributed by atoms with Crippen molar-refractivity contribution in [2.75, 3.05) is 13.4 Å². The number of hydrogen-bond acceptors (Lipinski definition) is 6. The van der Waals surface area contributed by atoms with Gasteiger partial charge in [0.05, 0.1) is 12.5 Å². The van der Waals surface area contributed by atoms with E-state index in [1.165, 1.54) is 6.08 Å². The Kier molecular flexibility index (Phi) is 7.79. The molecule has 0 aliphatic rings. The minimum atomic E-state index is -0.512. The Hall–Kier alpha value is -3.07. The molecule has 0 saturated heterocycles. The molecule has 0 saturated carbocycles. The smallest absolute Gasteiger partial charge is 0.335 e. The van der Waals surface area contributed by atoms with Gasteiger partial charge in [0.1, 0.15) is 12.4 Å². The van der Waals surface area contributed by atoms with Crippen LogP contribution in [0.15, 0.2) is 36.4 Å². The number of esters is 2. The molecule has 6 heteroatoms. The van der Waals surface area contributed by atoms with E-state index < -0.39 is 11.9 Å². The molecule has 0 aromatic heterocycles. The molecule has 24 heavy (non-hydrogen) atoms. The van der Waals surface area contributed by atoms with Gasteiger partial charge in [0.15, 0.2) is 0 Å². The minimum Gasteiger partial charge on any atom is -0.461 e. The Morgan fingerprint density at radius 1 is 1.33 bits per heavy atom. The first-order valence-corrected chi connectivity index (χ1v) is 7.22. The van der Waals surface area contributed by atoms with Crippen molar-refractivity contribution in [1.82, 2.24) is 0 Å². The van der Waals surface area contributed by atoms with Gasteiger partial charge in [-0.3, -0.25) is 0 Å². The summed E-state index contributed by atoms with van der Waals surface area (Å²) >= 11 is 0. The van der Waals surface area contributed by atoms with Gasteiger partial charge in [-0.2, -0.15) is 5.26 Å². The second kappa shape index (κ2) is 9.85. The van der Waals surface area contributed by atoms with E-state index in [1.807, 2.05) is 19.1 Å². The molecule has 126 valence electrons. The molecule has 0 heterocycles. The number of nitriles is 1. The van der Waals surface area contributed by atoms with Gasteiger partial charge in [-0.15, -0.1) is 0 Å². The van der Waals surface area contributed by atoms with Gasteiger partial charge in [0, 0.05) is 11.6 Å². The van der Waals surface area contributed by atoms with Crippen molar-refractivity contribution in [2.24, 2.45) is 0 Å². The molecule has 0 N–H and O–H groups in total. The minimum absolute atomic E-state index is 0.0778. The lowest BCUT2D eigenvalue weighted by molar-refractivity contribution is -0.145. The Morgan fingerprint density at radius 2 is 2.08 bits per heavy atom. The third kappa shape index (κ3) is 6.79. The third-order valence-corrected chi connectivity index (χ3v) is 2.82. The molecule has 0 radical (unpaired) electrons. The summed E-state index contributed by atoms with van der Waals surface area (Å²) in [6, 6.07) is 7.17. The number of nitrogens with zero attached hydrogens (tertiary/aromatic N) is 1. The van der Waals surface area contributed by atoms with Gasteiger partial charge in [0.25, 0.3) is 0 Å². The topological polar surface area (TPSA) is 85.6 Å². The molecule has 0 atom stereocenters. The van der Waals surface area contributed by atoms with Gasteiger partial charge in [-0.25, -0.2) is 9.59 Å². The van der Waals surface area contributed by atoms with Gasteiger partial charge in [-0.05, 0) is 43.2 Å². The normalized spacial score (nSPS) is 10.0. The van der Waals surface area contributed by atoms with Crippen molar-refractivity contribution in [3.05, 3.63) is 47.6 Å². The van der Waals surface area contributed by atoms with E-state index in [9.17, 15) is 9.59 Å². The predicted molar refractivity (Wildman–Crippen MR) is 87.8 cm³/mol. The van der Waals surface area contributed by atoms with Crippen LogP contribution in [0, 0.1) is 18.3 Å². The maximum Gasteiger partial charge on any atom is 0.335 e. The molecule has 0 unspecified atom stereocenters. The number of benzene rings is 1. The van der Waals surface area contributed by atoms with Gasteiger partial charge in [-0.1, -0.05) is 12.6 Å². The van der Waals surface area contributed by atoms with Crippen molar-refractivity contribution in [3.8, 4) is 11.8 Å².